The third-order valence-corrected chi connectivity index (χ3v) is 8.05. The maximum atomic E-state index is 12.5. The SMILES string of the molecule is CC(=O)c1cccc([S+](c2ccccc2)c2ccccc2)c1Sc1ccccc1. The summed E-state index contributed by atoms with van der Waals surface area (Å²) in [4.78, 5) is 18.3. The van der Waals surface area contributed by atoms with E-state index >= 15 is 0 Å². The molecule has 0 unspecified atom stereocenters. The second kappa shape index (κ2) is 9.17. The highest BCUT2D eigenvalue weighted by atomic mass is 32.2. The maximum absolute atomic E-state index is 12.5. The Morgan fingerprint density at radius 3 is 1.69 bits per heavy atom. The van der Waals surface area contributed by atoms with E-state index in [4.69, 9.17) is 0 Å². The molecule has 4 rings (SSSR count). The normalized spacial score (nSPS) is 10.8. The first-order valence-corrected chi connectivity index (χ1v) is 11.5. The quantitative estimate of drug-likeness (QED) is 0.247. The van der Waals surface area contributed by atoms with Crippen molar-refractivity contribution in [1.29, 1.82) is 0 Å². The van der Waals surface area contributed by atoms with E-state index in [-0.39, 0.29) is 16.7 Å². The molecule has 0 heterocycles. The summed E-state index contributed by atoms with van der Waals surface area (Å²) in [5.74, 6) is 0.0926. The van der Waals surface area contributed by atoms with Crippen LogP contribution in [0.15, 0.2) is 134 Å². The highest BCUT2D eigenvalue weighted by Crippen LogP contribution is 2.41. The Labute approximate surface area is 179 Å². The highest BCUT2D eigenvalue weighted by Gasteiger charge is 2.33. The Bertz CT molecular complexity index is 1050. The van der Waals surface area contributed by atoms with Gasteiger partial charge >= 0.3 is 0 Å². The molecule has 0 N–H and O–H groups in total. The van der Waals surface area contributed by atoms with Gasteiger partial charge in [-0.15, -0.1) is 0 Å². The van der Waals surface area contributed by atoms with Gasteiger partial charge in [0.1, 0.15) is 10.9 Å². The van der Waals surface area contributed by atoms with Gasteiger partial charge in [-0.1, -0.05) is 72.4 Å². The second-order valence-corrected chi connectivity index (χ2v) is 9.62. The van der Waals surface area contributed by atoms with Crippen LogP contribution in [0.3, 0.4) is 0 Å². The minimum absolute atomic E-state index is 0.0926. The number of rotatable bonds is 6. The van der Waals surface area contributed by atoms with Crippen molar-refractivity contribution in [3.8, 4) is 0 Å². The average molecular weight is 414 g/mol. The van der Waals surface area contributed by atoms with Crippen molar-refractivity contribution < 1.29 is 4.79 Å². The first kappa shape index (κ1) is 19.6. The Morgan fingerprint density at radius 2 is 1.17 bits per heavy atom. The second-order valence-electron chi connectivity index (χ2n) is 6.54. The Balaban J connectivity index is 1.93. The van der Waals surface area contributed by atoms with Crippen molar-refractivity contribution in [2.24, 2.45) is 0 Å². The molecule has 3 heteroatoms. The van der Waals surface area contributed by atoms with Gasteiger partial charge < -0.3 is 0 Å². The van der Waals surface area contributed by atoms with E-state index < -0.39 is 0 Å². The van der Waals surface area contributed by atoms with Crippen LogP contribution in [0.5, 0.6) is 0 Å². The fraction of sp³-hybridized carbons (Fsp3) is 0.0385. The van der Waals surface area contributed by atoms with Crippen LogP contribution in [0.25, 0.3) is 0 Å². The Morgan fingerprint density at radius 1 is 0.655 bits per heavy atom. The van der Waals surface area contributed by atoms with Gasteiger partial charge in [-0.05, 0) is 55.5 Å². The van der Waals surface area contributed by atoms with E-state index in [9.17, 15) is 4.79 Å². The van der Waals surface area contributed by atoms with Crippen molar-refractivity contribution in [3.63, 3.8) is 0 Å². The van der Waals surface area contributed by atoms with Crippen molar-refractivity contribution in [2.45, 2.75) is 31.4 Å². The van der Waals surface area contributed by atoms with E-state index in [0.29, 0.717) is 0 Å². The number of hydrogen-bond donors (Lipinski definition) is 0. The lowest BCUT2D eigenvalue weighted by Gasteiger charge is -2.14. The van der Waals surface area contributed by atoms with Crippen LogP contribution in [-0.2, 0) is 10.9 Å². The summed E-state index contributed by atoms with van der Waals surface area (Å²) in [6.07, 6.45) is 0. The van der Waals surface area contributed by atoms with Gasteiger partial charge in [0.05, 0.1) is 4.90 Å². The number of benzene rings is 4. The van der Waals surface area contributed by atoms with Crippen LogP contribution in [0.1, 0.15) is 17.3 Å². The van der Waals surface area contributed by atoms with E-state index in [2.05, 4.69) is 66.7 Å². The molecule has 0 saturated heterocycles. The van der Waals surface area contributed by atoms with Crippen molar-refractivity contribution in [3.05, 3.63) is 115 Å². The lowest BCUT2D eigenvalue weighted by molar-refractivity contribution is 0.101. The predicted molar refractivity (Wildman–Crippen MR) is 122 cm³/mol. The maximum Gasteiger partial charge on any atom is 0.181 e. The first-order chi connectivity index (χ1) is 14.2. The molecule has 0 aromatic heterocycles. The molecule has 0 aliphatic rings. The van der Waals surface area contributed by atoms with Crippen LogP contribution in [0.4, 0.5) is 0 Å². The van der Waals surface area contributed by atoms with Gasteiger partial charge in [0, 0.05) is 10.5 Å². The van der Waals surface area contributed by atoms with Crippen LogP contribution in [-0.4, -0.2) is 5.78 Å². The molecular weight excluding hydrogens is 392 g/mol. The van der Waals surface area contributed by atoms with Gasteiger partial charge in [-0.25, -0.2) is 0 Å². The van der Waals surface area contributed by atoms with Gasteiger partial charge in [0.25, 0.3) is 0 Å². The molecule has 29 heavy (non-hydrogen) atoms. The van der Waals surface area contributed by atoms with Crippen molar-refractivity contribution in [1.82, 2.24) is 0 Å². The largest absolute Gasteiger partial charge is 0.294 e. The molecular formula is C26H21OS2+. The molecule has 0 radical (unpaired) electrons. The van der Waals surface area contributed by atoms with E-state index in [1.54, 1.807) is 18.7 Å². The van der Waals surface area contributed by atoms with Crippen LogP contribution in [0, 0.1) is 0 Å². The first-order valence-electron chi connectivity index (χ1n) is 9.45. The van der Waals surface area contributed by atoms with Gasteiger partial charge in [-0.2, -0.15) is 0 Å². The smallest absolute Gasteiger partial charge is 0.181 e. The van der Waals surface area contributed by atoms with Crippen LogP contribution >= 0.6 is 11.8 Å². The summed E-state index contributed by atoms with van der Waals surface area (Å²) in [6, 6.07) is 37.5. The van der Waals surface area contributed by atoms with Gasteiger partial charge in [0.2, 0.25) is 0 Å². The lowest BCUT2D eigenvalue weighted by atomic mass is 10.1. The summed E-state index contributed by atoms with van der Waals surface area (Å²) in [7, 11) is -0.300. The molecule has 0 fully saturated rings. The number of carbonyl (C=O) groups excluding carboxylic acids is 1. The van der Waals surface area contributed by atoms with Crippen LogP contribution in [0.2, 0.25) is 0 Å². The Hall–Kier alpha value is -2.75. The number of hydrogen-bond acceptors (Lipinski definition) is 2. The van der Waals surface area contributed by atoms with E-state index in [1.807, 2.05) is 42.5 Å². The molecule has 0 aliphatic heterocycles. The molecule has 4 aromatic carbocycles. The molecule has 0 spiro atoms. The standard InChI is InChI=1S/C26H21OS2/c1-20(27)24-18-11-19-25(26(24)28-21-12-5-2-6-13-21)29(22-14-7-3-8-15-22)23-16-9-4-10-17-23/h2-19H,1H3/q+1. The molecule has 1 nitrogen and oxygen atoms in total. The summed E-state index contributed by atoms with van der Waals surface area (Å²) in [5.41, 5.74) is 0.778. The lowest BCUT2D eigenvalue weighted by Crippen LogP contribution is -2.08. The Kier molecular flexibility index (Phi) is 6.18. The summed E-state index contributed by atoms with van der Waals surface area (Å²) < 4.78 is 0. The van der Waals surface area contributed by atoms with E-state index in [1.165, 1.54) is 14.7 Å². The third-order valence-electron chi connectivity index (χ3n) is 4.50. The minimum atomic E-state index is -0.300. The molecule has 0 saturated carbocycles. The molecule has 142 valence electrons. The van der Waals surface area contributed by atoms with Gasteiger partial charge in [0.15, 0.2) is 20.5 Å². The zero-order chi connectivity index (χ0) is 20.1. The number of Topliss-reactive ketones (excluding diaryl/α,β-unsaturated/α-hetero) is 1. The molecule has 0 bridgehead atoms. The minimum Gasteiger partial charge on any atom is -0.294 e. The fourth-order valence-electron chi connectivity index (χ4n) is 3.17. The van der Waals surface area contributed by atoms with Crippen molar-refractivity contribution in [2.75, 3.05) is 0 Å². The predicted octanol–water partition coefficient (Wildman–Crippen LogP) is 7.14. The summed E-state index contributed by atoms with van der Waals surface area (Å²) >= 11 is 1.67. The highest BCUT2D eigenvalue weighted by molar-refractivity contribution is 8.01. The summed E-state index contributed by atoms with van der Waals surface area (Å²) in [6.45, 7) is 1.65. The number of ketones is 1. The van der Waals surface area contributed by atoms with E-state index in [0.717, 1.165) is 15.4 Å². The molecule has 4 aromatic rings. The molecule has 0 aliphatic carbocycles. The van der Waals surface area contributed by atoms with Crippen LogP contribution < -0.4 is 0 Å². The fourth-order valence-corrected chi connectivity index (χ4v) is 6.71. The third kappa shape index (κ3) is 4.47. The van der Waals surface area contributed by atoms with Crippen molar-refractivity contribution >= 4 is 28.4 Å². The zero-order valence-corrected chi connectivity index (χ0v) is 17.8. The molecule has 0 amide bonds. The monoisotopic (exact) mass is 413 g/mol. The zero-order valence-electron chi connectivity index (χ0n) is 16.1. The average Bonchev–Trinajstić information content (AvgIpc) is 2.77. The topological polar surface area (TPSA) is 17.1 Å². The number of carbonyl (C=O) groups is 1. The summed E-state index contributed by atoms with van der Waals surface area (Å²) in [5, 5.41) is 0. The van der Waals surface area contributed by atoms with Gasteiger partial charge in [-0.3, -0.25) is 4.79 Å². The molecule has 0 atom stereocenters.